The Morgan fingerprint density at radius 3 is 2.76 bits per heavy atom. The third-order valence-corrected chi connectivity index (χ3v) is 6.14. The van der Waals surface area contributed by atoms with E-state index in [1.54, 1.807) is 22.8 Å². The molecule has 4 rings (SSSR count). The molecule has 1 aliphatic rings. The van der Waals surface area contributed by atoms with E-state index in [0.717, 1.165) is 0 Å². The fourth-order valence-electron chi connectivity index (χ4n) is 3.68. The van der Waals surface area contributed by atoms with E-state index in [0.29, 0.717) is 28.0 Å². The third kappa shape index (κ3) is 4.54. The lowest BCUT2D eigenvalue weighted by atomic mass is 9.99. The van der Waals surface area contributed by atoms with Crippen molar-refractivity contribution in [3.05, 3.63) is 75.3 Å². The van der Waals surface area contributed by atoms with Gasteiger partial charge >= 0.3 is 5.97 Å². The van der Waals surface area contributed by atoms with Gasteiger partial charge in [0.15, 0.2) is 11.0 Å². The monoisotopic (exact) mass is 485 g/mol. The van der Waals surface area contributed by atoms with Crippen molar-refractivity contribution >= 4 is 29.1 Å². The number of methoxy groups -OCH3 is 1. The molecule has 2 aromatic carbocycles. The molecule has 12 heteroatoms. The Kier molecular flexibility index (Phi) is 6.98. The number of fused-ring (bicyclic) bond motifs is 3. The van der Waals surface area contributed by atoms with Crippen molar-refractivity contribution in [1.29, 1.82) is 0 Å². The maximum atomic E-state index is 14.9. The summed E-state index contributed by atoms with van der Waals surface area (Å²) in [6, 6.07) is 9.53. The van der Waals surface area contributed by atoms with Gasteiger partial charge in [-0.2, -0.15) is 0 Å². The van der Waals surface area contributed by atoms with Crippen molar-refractivity contribution in [3.8, 4) is 5.69 Å². The average Bonchev–Trinajstić information content (AvgIpc) is 3.20. The highest BCUT2D eigenvalue weighted by molar-refractivity contribution is 7.99. The van der Waals surface area contributed by atoms with Crippen LogP contribution in [0.15, 0.2) is 52.6 Å². The number of aliphatic hydroxyl groups is 1. The number of non-ortho nitro benzene ring substituents is 1. The quantitative estimate of drug-likeness (QED) is 0.223. The standard InChI is InChI=1S/C22H20FN5O5S/c1-33-19(30)9-7-17-21-25-26-22(34-11-10-29)27(21)18-8-6-13(28(31)32)12-15(18)20(24-17)14-4-2-3-5-16(14)23/h2-6,8,12,17,29H,7,9-11H2,1H3/t17-/m0/s1. The summed E-state index contributed by atoms with van der Waals surface area (Å²) in [4.78, 5) is 27.6. The number of nitrogens with zero attached hydrogens (tertiary/aromatic N) is 5. The Morgan fingerprint density at radius 2 is 2.06 bits per heavy atom. The van der Waals surface area contributed by atoms with Crippen molar-refractivity contribution in [2.24, 2.45) is 4.99 Å². The Labute approximate surface area is 197 Å². The number of esters is 1. The molecule has 0 unspecified atom stereocenters. The van der Waals surface area contributed by atoms with E-state index in [4.69, 9.17) is 9.73 Å². The van der Waals surface area contributed by atoms with E-state index >= 15 is 0 Å². The summed E-state index contributed by atoms with van der Waals surface area (Å²) < 4.78 is 21.4. The molecule has 0 radical (unpaired) electrons. The van der Waals surface area contributed by atoms with Gasteiger partial charge in [-0.1, -0.05) is 23.9 Å². The van der Waals surface area contributed by atoms with Crippen molar-refractivity contribution in [1.82, 2.24) is 14.8 Å². The van der Waals surface area contributed by atoms with Crippen LogP contribution in [0.4, 0.5) is 10.1 Å². The first kappa shape index (κ1) is 23.5. The van der Waals surface area contributed by atoms with Crippen LogP contribution in [0.25, 0.3) is 5.69 Å². The van der Waals surface area contributed by atoms with Gasteiger partial charge in [0, 0.05) is 35.4 Å². The lowest BCUT2D eigenvalue weighted by Crippen LogP contribution is -2.10. The van der Waals surface area contributed by atoms with E-state index in [1.807, 2.05) is 0 Å². The van der Waals surface area contributed by atoms with Crippen LogP contribution in [0.2, 0.25) is 0 Å². The summed E-state index contributed by atoms with van der Waals surface area (Å²) in [5.41, 5.74) is 0.987. The largest absolute Gasteiger partial charge is 0.469 e. The number of aliphatic hydroxyl groups excluding tert-OH is 1. The number of carbonyl (C=O) groups is 1. The number of thioether (sulfide) groups is 1. The SMILES string of the molecule is COC(=O)CC[C@@H]1N=C(c2ccccc2F)c2cc([N+](=O)[O-])ccc2-n2c(SCCO)nnc21. The number of benzene rings is 2. The summed E-state index contributed by atoms with van der Waals surface area (Å²) in [6.45, 7) is -0.0945. The zero-order valence-electron chi connectivity index (χ0n) is 18.0. The minimum absolute atomic E-state index is 0.0255. The summed E-state index contributed by atoms with van der Waals surface area (Å²) in [5.74, 6) is -0.251. The summed E-state index contributed by atoms with van der Waals surface area (Å²) in [5, 5.41) is 29.8. The van der Waals surface area contributed by atoms with Gasteiger partial charge in [0.1, 0.15) is 11.9 Å². The summed E-state index contributed by atoms with van der Waals surface area (Å²) in [7, 11) is 1.28. The zero-order chi connectivity index (χ0) is 24.2. The number of halogens is 1. The molecule has 3 aromatic rings. The Bertz CT molecular complexity index is 1280. The lowest BCUT2D eigenvalue weighted by Gasteiger charge is -2.13. The van der Waals surface area contributed by atoms with E-state index in [1.165, 1.54) is 43.1 Å². The third-order valence-electron chi connectivity index (χ3n) is 5.23. The summed E-state index contributed by atoms with van der Waals surface area (Å²) >= 11 is 1.25. The number of ether oxygens (including phenoxy) is 1. The lowest BCUT2D eigenvalue weighted by molar-refractivity contribution is -0.384. The Balaban J connectivity index is 1.98. The van der Waals surface area contributed by atoms with Crippen molar-refractivity contribution in [2.75, 3.05) is 19.5 Å². The van der Waals surface area contributed by atoms with Gasteiger partial charge in [-0.15, -0.1) is 10.2 Å². The zero-order valence-corrected chi connectivity index (χ0v) is 18.9. The van der Waals surface area contributed by atoms with Gasteiger partial charge in [-0.3, -0.25) is 24.5 Å². The normalized spacial score (nSPS) is 14.6. The van der Waals surface area contributed by atoms with E-state index in [2.05, 4.69) is 10.2 Å². The van der Waals surface area contributed by atoms with Crippen LogP contribution in [0.5, 0.6) is 0 Å². The van der Waals surface area contributed by atoms with Crippen molar-refractivity contribution in [2.45, 2.75) is 24.0 Å². The molecule has 34 heavy (non-hydrogen) atoms. The van der Waals surface area contributed by atoms with Gasteiger partial charge in [-0.25, -0.2) is 4.39 Å². The van der Waals surface area contributed by atoms with Gasteiger partial charge in [0.2, 0.25) is 0 Å². The van der Waals surface area contributed by atoms with Crippen LogP contribution in [-0.4, -0.2) is 55.9 Å². The number of hydrogen-bond acceptors (Lipinski definition) is 9. The number of aliphatic imine (C=N–C) groups is 1. The first-order valence-corrected chi connectivity index (χ1v) is 11.3. The highest BCUT2D eigenvalue weighted by atomic mass is 32.2. The number of rotatable bonds is 8. The molecule has 10 nitrogen and oxygen atoms in total. The van der Waals surface area contributed by atoms with Crippen LogP contribution in [0.1, 0.15) is 35.8 Å². The molecule has 1 aromatic heterocycles. The fourth-order valence-corrected chi connectivity index (χ4v) is 4.37. The molecule has 0 fully saturated rings. The number of carbonyl (C=O) groups excluding carboxylic acids is 1. The summed E-state index contributed by atoms with van der Waals surface area (Å²) in [6.07, 6.45) is 0.223. The molecule has 1 aliphatic heterocycles. The molecule has 0 bridgehead atoms. The van der Waals surface area contributed by atoms with Crippen LogP contribution in [0.3, 0.4) is 0 Å². The fraction of sp³-hybridized carbons (Fsp3) is 0.273. The highest BCUT2D eigenvalue weighted by Crippen LogP contribution is 2.37. The van der Waals surface area contributed by atoms with Gasteiger partial charge in [-0.05, 0) is 24.6 Å². The van der Waals surface area contributed by atoms with E-state index in [-0.39, 0.29) is 36.4 Å². The molecule has 1 atom stereocenters. The molecule has 0 saturated heterocycles. The minimum atomic E-state index is -0.712. The first-order chi connectivity index (χ1) is 16.4. The molecule has 176 valence electrons. The number of nitro groups is 1. The second kappa shape index (κ2) is 10.1. The van der Waals surface area contributed by atoms with Crippen LogP contribution < -0.4 is 0 Å². The van der Waals surface area contributed by atoms with Gasteiger partial charge < -0.3 is 9.84 Å². The molecule has 0 spiro atoms. The van der Waals surface area contributed by atoms with Crippen molar-refractivity contribution < 1.29 is 24.0 Å². The minimum Gasteiger partial charge on any atom is -0.469 e. The topological polar surface area (TPSA) is 133 Å². The molecule has 0 aliphatic carbocycles. The molecule has 2 heterocycles. The van der Waals surface area contributed by atoms with E-state index < -0.39 is 22.8 Å². The van der Waals surface area contributed by atoms with Crippen LogP contribution in [-0.2, 0) is 9.53 Å². The predicted molar refractivity (Wildman–Crippen MR) is 122 cm³/mol. The molecular weight excluding hydrogens is 465 g/mol. The number of aromatic nitrogens is 3. The molecular formula is C22H20FN5O5S. The average molecular weight is 485 g/mol. The molecule has 0 saturated carbocycles. The maximum Gasteiger partial charge on any atom is 0.305 e. The Hall–Kier alpha value is -3.64. The van der Waals surface area contributed by atoms with Crippen LogP contribution in [0, 0.1) is 15.9 Å². The Morgan fingerprint density at radius 1 is 1.26 bits per heavy atom. The van der Waals surface area contributed by atoms with Crippen LogP contribution >= 0.6 is 11.8 Å². The van der Waals surface area contributed by atoms with Gasteiger partial charge in [0.05, 0.1) is 30.0 Å². The first-order valence-electron chi connectivity index (χ1n) is 10.3. The predicted octanol–water partition coefficient (Wildman–Crippen LogP) is 3.24. The number of hydrogen-bond donors (Lipinski definition) is 1. The van der Waals surface area contributed by atoms with E-state index in [9.17, 15) is 24.4 Å². The highest BCUT2D eigenvalue weighted by Gasteiger charge is 2.31. The van der Waals surface area contributed by atoms with Crippen molar-refractivity contribution in [3.63, 3.8) is 0 Å². The maximum absolute atomic E-state index is 14.9. The van der Waals surface area contributed by atoms with Gasteiger partial charge in [0.25, 0.3) is 5.69 Å². The second-order valence-corrected chi connectivity index (χ2v) is 8.36. The molecule has 0 amide bonds. The second-order valence-electron chi connectivity index (χ2n) is 7.29. The smallest absolute Gasteiger partial charge is 0.305 e. The number of nitro benzene ring substituents is 1. The molecule has 1 N–H and O–H groups in total.